The Morgan fingerprint density at radius 3 is 1.78 bits per heavy atom. The van der Waals surface area contributed by atoms with Crippen LogP contribution in [0.4, 0.5) is 25.2 Å². The van der Waals surface area contributed by atoms with E-state index in [0.717, 1.165) is 38.5 Å². The fourth-order valence-corrected chi connectivity index (χ4v) is 2.29. The molecule has 0 bridgehead atoms. The number of hydrogen-bond acceptors (Lipinski definition) is 3. The molecule has 0 aromatic rings. The molecule has 4 nitrogen and oxygen atoms in total. The average molecular weight is 431 g/mol. The summed E-state index contributed by atoms with van der Waals surface area (Å²) in [6.07, 6.45) is 6.44. The number of aliphatic hydroxyl groups excluding tert-OH is 1. The van der Waals surface area contributed by atoms with Crippen molar-refractivity contribution in [2.45, 2.75) is 77.4 Å². The van der Waals surface area contributed by atoms with Crippen LogP contribution in [-0.2, 0) is 9.53 Å². The molecule has 0 radical (unpaired) electrons. The first-order chi connectivity index (χ1) is 11.8. The predicted octanol–water partition coefficient (Wildman–Crippen LogP) is 5.60. The van der Waals surface area contributed by atoms with Gasteiger partial charge in [0.1, 0.15) is 6.61 Å². The van der Waals surface area contributed by atoms with Gasteiger partial charge < -0.3 is 15.6 Å². The van der Waals surface area contributed by atoms with Gasteiger partial charge in [-0.1, -0.05) is 33.3 Å². The van der Waals surface area contributed by atoms with Gasteiger partial charge in [0, 0.05) is 24.8 Å². The Morgan fingerprint density at radius 2 is 1.48 bits per heavy atom. The first-order valence-electron chi connectivity index (χ1n) is 8.72. The van der Waals surface area contributed by atoms with Crippen LogP contribution in [0, 0.1) is 0 Å². The summed E-state index contributed by atoms with van der Waals surface area (Å²) in [5.74, 6) is -0.444. The Hall–Kier alpha value is -0.860. The van der Waals surface area contributed by atoms with Crippen molar-refractivity contribution in [1.29, 1.82) is 0 Å². The predicted molar refractivity (Wildman–Crippen MR) is 94.6 cm³/mol. The molecule has 0 aliphatic carbocycles. The van der Waals surface area contributed by atoms with E-state index in [1.54, 1.807) is 6.92 Å². The van der Waals surface area contributed by atoms with Crippen LogP contribution < -0.4 is 5.73 Å². The summed E-state index contributed by atoms with van der Waals surface area (Å²) in [4.78, 5) is 11.3. The third-order valence-electron chi connectivity index (χ3n) is 3.55. The fourth-order valence-electron chi connectivity index (χ4n) is 2.29. The second kappa shape index (κ2) is 10.1. The van der Waals surface area contributed by atoms with Crippen molar-refractivity contribution in [3.05, 3.63) is 12.2 Å². The maximum absolute atomic E-state index is 11.3. The Morgan fingerprint density at radius 1 is 1.11 bits per heavy atom. The van der Waals surface area contributed by atoms with E-state index in [9.17, 15) is 35.1 Å². The molecule has 0 saturated carbocycles. The molecule has 1 atom stereocenters. The van der Waals surface area contributed by atoms with Gasteiger partial charge in [-0.25, -0.2) is 4.79 Å². The van der Waals surface area contributed by atoms with Crippen LogP contribution in [0.15, 0.2) is 12.2 Å². The number of rotatable bonds is 11. The first kappa shape index (κ1) is 28.4. The van der Waals surface area contributed by atoms with Crippen molar-refractivity contribution in [3.8, 4) is 0 Å². The second-order valence-corrected chi connectivity index (χ2v) is 8.82. The Balaban J connectivity index is 0. The molecule has 11 heteroatoms. The van der Waals surface area contributed by atoms with E-state index in [1.165, 1.54) is 0 Å². The third kappa shape index (κ3) is 25.1. The Bertz CT molecular complexity index is 462. The number of unbranched alkanes of at least 4 members (excludes halogenated alkanes) is 2. The maximum atomic E-state index is 11.3. The molecular formula is C16H32F6NO3P. The second-order valence-electron chi connectivity index (χ2n) is 6.90. The quantitative estimate of drug-likeness (QED) is 0.194. The van der Waals surface area contributed by atoms with Gasteiger partial charge >= 0.3 is 39.0 Å². The summed E-state index contributed by atoms with van der Waals surface area (Å²) < 4.78 is 64.2. The Labute approximate surface area is 156 Å². The number of ether oxygens (including phenoxy) is 1. The molecular weight excluding hydrogens is 399 g/mol. The van der Waals surface area contributed by atoms with Gasteiger partial charge in [0.15, 0.2) is 0 Å². The van der Waals surface area contributed by atoms with Crippen molar-refractivity contribution in [2.75, 3.05) is 6.61 Å². The number of hydrogen-bond donors (Lipinski definition) is 2. The zero-order chi connectivity index (χ0) is 22.0. The number of carbonyl (C=O) groups is 1. The molecule has 166 valence electrons. The van der Waals surface area contributed by atoms with Gasteiger partial charge in [-0.3, -0.25) is 0 Å². The van der Waals surface area contributed by atoms with Gasteiger partial charge in [-0.15, -0.1) is 0 Å². The molecule has 0 aliphatic heterocycles. The van der Waals surface area contributed by atoms with E-state index >= 15 is 0 Å². The molecule has 1 unspecified atom stereocenters. The van der Waals surface area contributed by atoms with Crippen molar-refractivity contribution >= 4 is 13.8 Å². The van der Waals surface area contributed by atoms with E-state index in [4.69, 9.17) is 4.74 Å². The van der Waals surface area contributed by atoms with E-state index < -0.39 is 19.9 Å². The van der Waals surface area contributed by atoms with E-state index in [0.29, 0.717) is 12.0 Å². The minimum atomic E-state index is -10.7. The van der Waals surface area contributed by atoms with Gasteiger partial charge in [-0.2, -0.15) is 0 Å². The van der Waals surface area contributed by atoms with E-state index in [1.807, 2.05) is 0 Å². The summed E-state index contributed by atoms with van der Waals surface area (Å²) in [7, 11) is -10.7. The molecule has 4 N–H and O–H groups in total. The molecule has 0 amide bonds. The number of esters is 1. The first-order valence-corrected chi connectivity index (χ1v) is 10.7. The van der Waals surface area contributed by atoms with Gasteiger partial charge in [0.2, 0.25) is 0 Å². The van der Waals surface area contributed by atoms with Gasteiger partial charge in [0.25, 0.3) is 0 Å². The number of aliphatic hydroxyl groups is 1. The van der Waals surface area contributed by atoms with Crippen LogP contribution in [0.1, 0.15) is 65.7 Å². The van der Waals surface area contributed by atoms with Crippen molar-refractivity contribution in [3.63, 3.8) is 0 Å². The number of carbonyl (C=O) groups excluding carboxylic acids is 1. The summed E-state index contributed by atoms with van der Waals surface area (Å²) in [6, 6.07) is 0. The number of halogens is 6. The van der Waals surface area contributed by atoms with E-state index in [2.05, 4.69) is 26.2 Å². The summed E-state index contributed by atoms with van der Waals surface area (Å²) in [6.45, 7) is 9.47. The molecule has 0 heterocycles. The fraction of sp³-hybridized carbons (Fsp3) is 0.812. The molecule has 27 heavy (non-hydrogen) atoms. The summed E-state index contributed by atoms with van der Waals surface area (Å²) in [5.41, 5.74) is 4.58. The molecule has 0 saturated heterocycles. The van der Waals surface area contributed by atoms with Crippen LogP contribution in [0.3, 0.4) is 0 Å². The van der Waals surface area contributed by atoms with Crippen LogP contribution in [0.5, 0.6) is 0 Å². The molecule has 0 aromatic carbocycles. The van der Waals surface area contributed by atoms with Crippen molar-refractivity contribution < 1.29 is 45.6 Å². The monoisotopic (exact) mass is 431 g/mol. The van der Waals surface area contributed by atoms with Gasteiger partial charge in [0.05, 0.1) is 11.6 Å². The molecule has 0 fully saturated rings. The van der Waals surface area contributed by atoms with Crippen LogP contribution in [0.25, 0.3) is 0 Å². The third-order valence-corrected chi connectivity index (χ3v) is 3.55. The van der Waals surface area contributed by atoms with Crippen LogP contribution >= 0.6 is 7.81 Å². The topological polar surface area (TPSA) is 74.2 Å². The summed E-state index contributed by atoms with van der Waals surface area (Å²) in [5, 5.41) is 10.1. The molecule has 0 aliphatic rings. The molecule has 0 spiro atoms. The Kier molecular flexibility index (Phi) is 10.6. The van der Waals surface area contributed by atoms with Crippen LogP contribution in [-0.4, -0.2) is 29.3 Å². The minimum absolute atomic E-state index is 0.0290. The average Bonchev–Trinajstić information content (AvgIpc) is 2.45. The van der Waals surface area contributed by atoms with Crippen molar-refractivity contribution in [1.82, 2.24) is 0 Å². The van der Waals surface area contributed by atoms with Crippen molar-refractivity contribution in [2.24, 2.45) is 0 Å². The number of quaternary nitrogens is 1. The SMILES string of the molecule is C=C(C)C(=O)OCC(O)CC([NH3+])(CCCC)CCCC.F[P-](F)(F)(F)(F)F. The molecule has 0 rings (SSSR count). The molecule has 0 aromatic heterocycles. The zero-order valence-electron chi connectivity index (χ0n) is 16.1. The van der Waals surface area contributed by atoms with Gasteiger partial charge in [-0.05, 0) is 19.8 Å². The standard InChI is InChI=1S/C16H31NO3.F6P/c1-5-7-9-16(17,10-8-6-2)11-14(18)12-20-15(19)13(3)4;1-7(2,3,4,5)6/h14,18H,3,5-12,17H2,1-2,4H3;/q;-1/p+1. The zero-order valence-corrected chi connectivity index (χ0v) is 17.0. The summed E-state index contributed by atoms with van der Waals surface area (Å²) >= 11 is 0. The normalized spacial score (nSPS) is 15.7. The van der Waals surface area contributed by atoms with Crippen LogP contribution in [0.2, 0.25) is 0 Å². The van der Waals surface area contributed by atoms with E-state index in [-0.39, 0.29) is 12.1 Å².